The number of aromatic nitrogens is 1. The van der Waals surface area contributed by atoms with Crippen LogP contribution in [-0.4, -0.2) is 12.1 Å². The summed E-state index contributed by atoms with van der Waals surface area (Å²) in [5.74, 6) is 0.550. The van der Waals surface area contributed by atoms with Crippen molar-refractivity contribution >= 4 is 0 Å². The molecule has 2 aromatic rings. The van der Waals surface area contributed by atoms with Crippen molar-refractivity contribution in [2.45, 2.75) is 18.8 Å². The zero-order chi connectivity index (χ0) is 12.5. The van der Waals surface area contributed by atoms with Gasteiger partial charge in [0.1, 0.15) is 0 Å². The third kappa shape index (κ3) is 1.96. The summed E-state index contributed by atoms with van der Waals surface area (Å²) in [5, 5.41) is 0. The Balaban J connectivity index is 1.98. The van der Waals surface area contributed by atoms with Crippen molar-refractivity contribution in [3.63, 3.8) is 0 Å². The Kier molecular flexibility index (Phi) is 2.74. The van der Waals surface area contributed by atoms with Gasteiger partial charge in [-0.2, -0.15) is 0 Å². The fraction of sp³-hybridized carbons (Fsp3) is 0.267. The lowest BCUT2D eigenvalue weighted by Crippen LogP contribution is -1.92. The van der Waals surface area contributed by atoms with Crippen LogP contribution in [0.2, 0.25) is 0 Å². The fourth-order valence-corrected chi connectivity index (χ4v) is 2.08. The molecule has 1 aliphatic rings. The molecule has 0 bridgehead atoms. The average molecular weight is 243 g/mol. The molecule has 92 valence electrons. The van der Waals surface area contributed by atoms with Crippen LogP contribution in [0.4, 0.5) is 4.39 Å². The van der Waals surface area contributed by atoms with Crippen LogP contribution in [0, 0.1) is 5.82 Å². The predicted octanol–water partition coefficient (Wildman–Crippen LogP) is 3.77. The molecule has 0 unspecified atom stereocenters. The van der Waals surface area contributed by atoms with E-state index in [1.807, 2.05) is 12.1 Å². The quantitative estimate of drug-likeness (QED) is 0.818. The fourth-order valence-electron chi connectivity index (χ4n) is 2.08. The van der Waals surface area contributed by atoms with Crippen molar-refractivity contribution in [1.29, 1.82) is 0 Å². The van der Waals surface area contributed by atoms with E-state index in [1.165, 1.54) is 20.0 Å². The maximum Gasteiger partial charge on any atom is 0.172 e. The van der Waals surface area contributed by atoms with Gasteiger partial charge in [0.05, 0.1) is 7.11 Å². The van der Waals surface area contributed by atoms with Crippen LogP contribution < -0.4 is 4.74 Å². The largest absolute Gasteiger partial charge is 0.494 e. The lowest BCUT2D eigenvalue weighted by atomic mass is 10.1. The maximum atomic E-state index is 14.1. The Morgan fingerprint density at radius 2 is 2.06 bits per heavy atom. The predicted molar refractivity (Wildman–Crippen MR) is 68.2 cm³/mol. The number of ether oxygens (including phenoxy) is 1. The first-order valence-electron chi connectivity index (χ1n) is 6.08. The molecule has 0 radical (unpaired) electrons. The second kappa shape index (κ2) is 4.41. The van der Waals surface area contributed by atoms with Gasteiger partial charge in [-0.15, -0.1) is 0 Å². The smallest absolute Gasteiger partial charge is 0.172 e. The van der Waals surface area contributed by atoms with Crippen molar-refractivity contribution in [1.82, 2.24) is 4.98 Å². The van der Waals surface area contributed by atoms with Crippen LogP contribution in [0.15, 0.2) is 36.5 Å². The van der Waals surface area contributed by atoms with E-state index in [0.717, 1.165) is 11.3 Å². The van der Waals surface area contributed by atoms with Crippen molar-refractivity contribution in [2.24, 2.45) is 0 Å². The van der Waals surface area contributed by atoms with Crippen molar-refractivity contribution in [3.05, 3.63) is 48.0 Å². The minimum Gasteiger partial charge on any atom is -0.494 e. The van der Waals surface area contributed by atoms with Gasteiger partial charge in [0, 0.05) is 28.9 Å². The SMILES string of the molecule is COc1cccc(-c2ccc(C3CC3)nc2)c1F. The first-order valence-corrected chi connectivity index (χ1v) is 6.08. The Morgan fingerprint density at radius 1 is 1.22 bits per heavy atom. The molecule has 0 N–H and O–H groups in total. The second-order valence-corrected chi connectivity index (χ2v) is 4.57. The molecule has 0 amide bonds. The summed E-state index contributed by atoms with van der Waals surface area (Å²) < 4.78 is 19.1. The zero-order valence-corrected chi connectivity index (χ0v) is 10.2. The molecule has 0 atom stereocenters. The average Bonchev–Trinajstić information content (AvgIpc) is 3.24. The molecule has 0 aliphatic heterocycles. The number of benzene rings is 1. The minimum absolute atomic E-state index is 0.263. The molecule has 3 heteroatoms. The van der Waals surface area contributed by atoms with E-state index in [2.05, 4.69) is 4.98 Å². The Morgan fingerprint density at radius 3 is 2.67 bits per heavy atom. The van der Waals surface area contributed by atoms with Crippen LogP contribution in [0.1, 0.15) is 24.5 Å². The molecule has 18 heavy (non-hydrogen) atoms. The molecule has 1 aromatic carbocycles. The van der Waals surface area contributed by atoms with E-state index < -0.39 is 0 Å². The highest BCUT2D eigenvalue weighted by Gasteiger charge is 2.24. The molecule has 3 rings (SSSR count). The van der Waals surface area contributed by atoms with Gasteiger partial charge in [-0.3, -0.25) is 4.98 Å². The monoisotopic (exact) mass is 243 g/mol. The van der Waals surface area contributed by atoms with Crippen LogP contribution in [0.3, 0.4) is 0 Å². The number of rotatable bonds is 3. The molecule has 1 saturated carbocycles. The lowest BCUT2D eigenvalue weighted by molar-refractivity contribution is 0.387. The minimum atomic E-state index is -0.332. The highest BCUT2D eigenvalue weighted by molar-refractivity contribution is 5.65. The number of hydrogen-bond acceptors (Lipinski definition) is 2. The highest BCUT2D eigenvalue weighted by atomic mass is 19.1. The van der Waals surface area contributed by atoms with Crippen LogP contribution >= 0.6 is 0 Å². The first kappa shape index (κ1) is 11.2. The number of methoxy groups -OCH3 is 1. The van der Waals surface area contributed by atoms with E-state index in [4.69, 9.17) is 4.74 Å². The molecular formula is C15H14FNO. The number of nitrogens with zero attached hydrogens (tertiary/aromatic N) is 1. The van der Waals surface area contributed by atoms with Gasteiger partial charge in [0.2, 0.25) is 0 Å². The normalized spacial score (nSPS) is 14.6. The highest BCUT2D eigenvalue weighted by Crippen LogP contribution is 2.39. The van der Waals surface area contributed by atoms with E-state index in [0.29, 0.717) is 11.5 Å². The molecule has 0 saturated heterocycles. The van der Waals surface area contributed by atoms with Gasteiger partial charge in [-0.05, 0) is 25.0 Å². The van der Waals surface area contributed by atoms with E-state index in [9.17, 15) is 4.39 Å². The van der Waals surface area contributed by atoms with Gasteiger partial charge in [-0.1, -0.05) is 18.2 Å². The van der Waals surface area contributed by atoms with Crippen molar-refractivity contribution in [3.8, 4) is 16.9 Å². The third-order valence-corrected chi connectivity index (χ3v) is 3.28. The summed E-state index contributed by atoms with van der Waals surface area (Å²) in [6.07, 6.45) is 4.19. The zero-order valence-electron chi connectivity index (χ0n) is 10.2. The number of pyridine rings is 1. The van der Waals surface area contributed by atoms with Gasteiger partial charge >= 0.3 is 0 Å². The van der Waals surface area contributed by atoms with E-state index in [-0.39, 0.29) is 11.6 Å². The molecule has 1 heterocycles. The molecular weight excluding hydrogens is 229 g/mol. The van der Waals surface area contributed by atoms with Gasteiger partial charge in [0.25, 0.3) is 0 Å². The summed E-state index contributed by atoms with van der Waals surface area (Å²) in [4.78, 5) is 4.41. The van der Waals surface area contributed by atoms with Crippen LogP contribution in [0.5, 0.6) is 5.75 Å². The van der Waals surface area contributed by atoms with Gasteiger partial charge in [0.15, 0.2) is 11.6 Å². The number of halogens is 1. The van der Waals surface area contributed by atoms with E-state index >= 15 is 0 Å². The third-order valence-electron chi connectivity index (χ3n) is 3.28. The first-order chi connectivity index (χ1) is 8.79. The molecule has 0 spiro atoms. The second-order valence-electron chi connectivity index (χ2n) is 4.57. The summed E-state index contributed by atoms with van der Waals surface area (Å²) in [6, 6.07) is 9.06. The Labute approximate surface area is 105 Å². The number of hydrogen-bond donors (Lipinski definition) is 0. The topological polar surface area (TPSA) is 22.1 Å². The van der Waals surface area contributed by atoms with E-state index in [1.54, 1.807) is 24.4 Å². The summed E-state index contributed by atoms with van der Waals surface area (Å²) in [7, 11) is 1.47. The maximum absolute atomic E-state index is 14.1. The molecule has 1 fully saturated rings. The summed E-state index contributed by atoms with van der Waals surface area (Å²) in [5.41, 5.74) is 2.43. The molecule has 1 aliphatic carbocycles. The molecule has 1 aromatic heterocycles. The Hall–Kier alpha value is -1.90. The Bertz CT molecular complexity index is 561. The molecule has 2 nitrogen and oxygen atoms in total. The van der Waals surface area contributed by atoms with Gasteiger partial charge in [-0.25, -0.2) is 4.39 Å². The van der Waals surface area contributed by atoms with Crippen LogP contribution in [0.25, 0.3) is 11.1 Å². The van der Waals surface area contributed by atoms with Crippen molar-refractivity contribution < 1.29 is 9.13 Å². The standard InChI is InChI=1S/C15H14FNO/c1-18-14-4-2-3-12(15(14)16)11-7-8-13(17-9-11)10-5-6-10/h2-4,7-10H,5-6H2,1H3. The summed E-state index contributed by atoms with van der Waals surface area (Å²) in [6.45, 7) is 0. The van der Waals surface area contributed by atoms with Gasteiger partial charge < -0.3 is 4.74 Å². The van der Waals surface area contributed by atoms with Crippen molar-refractivity contribution in [2.75, 3.05) is 7.11 Å². The van der Waals surface area contributed by atoms with Crippen LogP contribution in [-0.2, 0) is 0 Å². The summed E-state index contributed by atoms with van der Waals surface area (Å²) >= 11 is 0. The lowest BCUT2D eigenvalue weighted by Gasteiger charge is -2.07.